The first-order valence-electron chi connectivity index (χ1n) is 6.34. The number of carbonyl (C=O) groups excluding carboxylic acids is 2. The zero-order valence-corrected chi connectivity index (χ0v) is 11.8. The Morgan fingerprint density at radius 3 is 1.40 bits per heavy atom. The van der Waals surface area contributed by atoms with Gasteiger partial charge in [0, 0.05) is 0 Å². The molecule has 0 aliphatic heterocycles. The number of esters is 2. The highest BCUT2D eigenvalue weighted by molar-refractivity contribution is 6.17. The standard InChI is InChI=1S/C16H18O4/c1-5-19-15(17)11(3)13-7-9-14(10-8-13)12(4)16(18)20-6-2/h7-10H,3-6H2,1-2H3. The number of hydrogen-bond acceptors (Lipinski definition) is 4. The van der Waals surface area contributed by atoms with E-state index >= 15 is 0 Å². The van der Waals surface area contributed by atoms with Crippen LogP contribution in [0.5, 0.6) is 0 Å². The van der Waals surface area contributed by atoms with Crippen LogP contribution in [0.25, 0.3) is 11.1 Å². The quantitative estimate of drug-likeness (QED) is 0.591. The Morgan fingerprint density at radius 1 is 0.850 bits per heavy atom. The van der Waals surface area contributed by atoms with Crippen LogP contribution in [-0.4, -0.2) is 25.2 Å². The summed E-state index contributed by atoms with van der Waals surface area (Å²) in [7, 11) is 0. The van der Waals surface area contributed by atoms with Crippen molar-refractivity contribution in [3.8, 4) is 0 Å². The second-order valence-electron chi connectivity index (χ2n) is 3.98. The van der Waals surface area contributed by atoms with Crippen molar-refractivity contribution in [3.63, 3.8) is 0 Å². The van der Waals surface area contributed by atoms with Crippen LogP contribution in [0.4, 0.5) is 0 Å². The predicted molar refractivity (Wildman–Crippen MR) is 77.8 cm³/mol. The third-order valence-electron chi connectivity index (χ3n) is 2.63. The Labute approximate surface area is 118 Å². The van der Waals surface area contributed by atoms with Gasteiger partial charge in [0.2, 0.25) is 0 Å². The SMILES string of the molecule is C=C(C(=O)OCC)c1ccc(C(=C)C(=O)OCC)cc1. The first-order valence-corrected chi connectivity index (χ1v) is 6.34. The van der Waals surface area contributed by atoms with E-state index in [1.54, 1.807) is 38.1 Å². The van der Waals surface area contributed by atoms with E-state index in [0.717, 1.165) is 0 Å². The molecule has 0 atom stereocenters. The third-order valence-corrected chi connectivity index (χ3v) is 2.63. The molecule has 0 radical (unpaired) electrons. The van der Waals surface area contributed by atoms with E-state index in [1.165, 1.54) is 0 Å². The van der Waals surface area contributed by atoms with E-state index < -0.39 is 11.9 Å². The van der Waals surface area contributed by atoms with E-state index in [9.17, 15) is 9.59 Å². The van der Waals surface area contributed by atoms with Crippen LogP contribution in [0.2, 0.25) is 0 Å². The van der Waals surface area contributed by atoms with E-state index in [2.05, 4.69) is 13.2 Å². The van der Waals surface area contributed by atoms with Crippen molar-refractivity contribution >= 4 is 23.1 Å². The molecular weight excluding hydrogens is 256 g/mol. The van der Waals surface area contributed by atoms with Crippen LogP contribution in [0, 0.1) is 0 Å². The van der Waals surface area contributed by atoms with Gasteiger partial charge in [0.25, 0.3) is 0 Å². The number of rotatable bonds is 6. The average molecular weight is 274 g/mol. The number of hydrogen-bond donors (Lipinski definition) is 0. The van der Waals surface area contributed by atoms with Gasteiger partial charge in [-0.05, 0) is 25.0 Å². The lowest BCUT2D eigenvalue weighted by Crippen LogP contribution is -2.07. The third kappa shape index (κ3) is 3.82. The van der Waals surface area contributed by atoms with Gasteiger partial charge in [-0.2, -0.15) is 0 Å². The minimum Gasteiger partial charge on any atom is -0.462 e. The molecule has 0 saturated carbocycles. The van der Waals surface area contributed by atoms with Crippen molar-refractivity contribution in [1.29, 1.82) is 0 Å². The number of carbonyl (C=O) groups is 2. The van der Waals surface area contributed by atoms with Gasteiger partial charge < -0.3 is 9.47 Å². The van der Waals surface area contributed by atoms with Crippen LogP contribution in [0.15, 0.2) is 37.4 Å². The Morgan fingerprint density at radius 2 is 1.15 bits per heavy atom. The average Bonchev–Trinajstić information content (AvgIpc) is 2.46. The highest BCUT2D eigenvalue weighted by atomic mass is 16.5. The highest BCUT2D eigenvalue weighted by Gasteiger charge is 2.13. The lowest BCUT2D eigenvalue weighted by atomic mass is 10.0. The van der Waals surface area contributed by atoms with Crippen LogP contribution in [-0.2, 0) is 19.1 Å². The molecule has 1 aromatic carbocycles. The summed E-state index contributed by atoms with van der Waals surface area (Å²) in [6.07, 6.45) is 0. The van der Waals surface area contributed by atoms with Crippen LogP contribution in [0.1, 0.15) is 25.0 Å². The van der Waals surface area contributed by atoms with Gasteiger partial charge >= 0.3 is 11.9 Å². The summed E-state index contributed by atoms with van der Waals surface area (Å²) in [5.41, 5.74) is 1.84. The molecule has 0 aliphatic rings. The lowest BCUT2D eigenvalue weighted by molar-refractivity contribution is -0.137. The van der Waals surface area contributed by atoms with Crippen LogP contribution >= 0.6 is 0 Å². The molecule has 0 bridgehead atoms. The molecule has 0 spiro atoms. The summed E-state index contributed by atoms with van der Waals surface area (Å²) in [6, 6.07) is 6.77. The molecule has 0 amide bonds. The van der Waals surface area contributed by atoms with Crippen molar-refractivity contribution in [2.75, 3.05) is 13.2 Å². The fourth-order valence-electron chi connectivity index (χ4n) is 1.54. The first-order chi connectivity index (χ1) is 9.51. The van der Waals surface area contributed by atoms with Crippen molar-refractivity contribution < 1.29 is 19.1 Å². The normalized spacial score (nSPS) is 9.70. The molecule has 0 aromatic heterocycles. The van der Waals surface area contributed by atoms with E-state index in [1.807, 2.05) is 0 Å². The van der Waals surface area contributed by atoms with E-state index in [-0.39, 0.29) is 11.1 Å². The molecule has 106 valence electrons. The van der Waals surface area contributed by atoms with Gasteiger partial charge in [-0.3, -0.25) is 0 Å². The largest absolute Gasteiger partial charge is 0.462 e. The molecule has 4 heteroatoms. The Kier molecular flexibility index (Phi) is 5.72. The van der Waals surface area contributed by atoms with Gasteiger partial charge in [-0.15, -0.1) is 0 Å². The van der Waals surface area contributed by atoms with Crippen LogP contribution < -0.4 is 0 Å². The van der Waals surface area contributed by atoms with Gasteiger partial charge in [0.05, 0.1) is 24.4 Å². The topological polar surface area (TPSA) is 52.6 Å². The molecule has 0 aliphatic carbocycles. The molecule has 0 N–H and O–H groups in total. The fourth-order valence-corrected chi connectivity index (χ4v) is 1.54. The summed E-state index contributed by atoms with van der Waals surface area (Å²) in [5.74, 6) is -0.908. The molecule has 0 saturated heterocycles. The van der Waals surface area contributed by atoms with Gasteiger partial charge in [-0.25, -0.2) is 9.59 Å². The second-order valence-corrected chi connectivity index (χ2v) is 3.98. The fraction of sp³-hybridized carbons (Fsp3) is 0.250. The summed E-state index contributed by atoms with van der Waals surface area (Å²) < 4.78 is 9.75. The van der Waals surface area contributed by atoms with Gasteiger partial charge in [0.1, 0.15) is 0 Å². The first kappa shape index (κ1) is 15.7. The van der Waals surface area contributed by atoms with E-state index in [4.69, 9.17) is 9.47 Å². The molecule has 1 rings (SSSR count). The summed E-state index contributed by atoms with van der Waals surface area (Å²) >= 11 is 0. The van der Waals surface area contributed by atoms with Crippen molar-refractivity contribution in [2.45, 2.75) is 13.8 Å². The van der Waals surface area contributed by atoms with Gasteiger partial charge in [-0.1, -0.05) is 37.4 Å². The Bertz CT molecular complexity index is 477. The minimum atomic E-state index is -0.454. The Balaban J connectivity index is 2.84. The maximum atomic E-state index is 11.5. The Hall–Kier alpha value is -2.36. The number of ether oxygens (including phenoxy) is 2. The smallest absolute Gasteiger partial charge is 0.338 e. The zero-order chi connectivity index (χ0) is 15.1. The summed E-state index contributed by atoms with van der Waals surface area (Å²) in [5, 5.41) is 0. The maximum absolute atomic E-state index is 11.5. The van der Waals surface area contributed by atoms with Gasteiger partial charge in [0.15, 0.2) is 0 Å². The monoisotopic (exact) mass is 274 g/mol. The van der Waals surface area contributed by atoms with Crippen LogP contribution in [0.3, 0.4) is 0 Å². The van der Waals surface area contributed by atoms with Crippen molar-refractivity contribution in [3.05, 3.63) is 48.6 Å². The molecule has 0 fully saturated rings. The van der Waals surface area contributed by atoms with Crippen molar-refractivity contribution in [1.82, 2.24) is 0 Å². The van der Waals surface area contributed by atoms with Crippen molar-refractivity contribution in [2.24, 2.45) is 0 Å². The zero-order valence-electron chi connectivity index (χ0n) is 11.8. The highest BCUT2D eigenvalue weighted by Crippen LogP contribution is 2.19. The minimum absolute atomic E-state index is 0.278. The summed E-state index contributed by atoms with van der Waals surface area (Å²) in [6.45, 7) is 11.5. The molecular formula is C16H18O4. The van der Waals surface area contributed by atoms with E-state index in [0.29, 0.717) is 24.3 Å². The number of benzene rings is 1. The summed E-state index contributed by atoms with van der Waals surface area (Å²) in [4.78, 5) is 23.1. The maximum Gasteiger partial charge on any atom is 0.338 e. The molecule has 4 nitrogen and oxygen atoms in total. The molecule has 0 heterocycles. The second kappa shape index (κ2) is 7.28. The molecule has 0 unspecified atom stereocenters. The molecule has 1 aromatic rings. The lowest BCUT2D eigenvalue weighted by Gasteiger charge is -2.08. The predicted octanol–water partition coefficient (Wildman–Crippen LogP) is 2.84. The molecule has 20 heavy (non-hydrogen) atoms.